The Morgan fingerprint density at radius 1 is 0.750 bits per heavy atom. The Morgan fingerprint density at radius 3 is 1.40 bits per heavy atom. The van der Waals surface area contributed by atoms with E-state index in [1.807, 2.05) is 13.8 Å². The van der Waals surface area contributed by atoms with Crippen LogP contribution in [0.15, 0.2) is 10.1 Å². The van der Waals surface area contributed by atoms with Gasteiger partial charge in [-0.3, -0.25) is 0 Å². The topological polar surface area (TPSA) is 52.6 Å². The van der Waals surface area contributed by atoms with Crippen LogP contribution in [0.5, 0.6) is 0 Å². The van der Waals surface area contributed by atoms with E-state index in [4.69, 9.17) is 32.7 Å². The van der Waals surface area contributed by atoms with Crippen molar-refractivity contribution in [2.45, 2.75) is 52.4 Å². The van der Waals surface area contributed by atoms with E-state index >= 15 is 0 Å². The highest BCUT2D eigenvalue weighted by atomic mass is 35.5. The molecule has 0 spiro atoms. The minimum Gasteiger partial charge on any atom is -0.461 e. The molecule has 0 aliphatic heterocycles. The molecular formula is C14H22Cl2O4. The van der Waals surface area contributed by atoms with Crippen LogP contribution in [-0.4, -0.2) is 25.2 Å². The van der Waals surface area contributed by atoms with E-state index in [1.54, 1.807) is 0 Å². The Hall–Kier alpha value is -0.740. The lowest BCUT2D eigenvalue weighted by Gasteiger charge is -2.06. The van der Waals surface area contributed by atoms with Gasteiger partial charge in [-0.1, -0.05) is 62.7 Å². The summed E-state index contributed by atoms with van der Waals surface area (Å²) in [5.74, 6) is -1.59. The molecule has 0 aromatic rings. The van der Waals surface area contributed by atoms with Gasteiger partial charge in [0, 0.05) is 0 Å². The number of unbranched alkanes of at least 4 members (excludes halogenated alkanes) is 4. The van der Waals surface area contributed by atoms with Crippen LogP contribution in [-0.2, 0) is 19.1 Å². The Bertz CT molecular complexity index is 308. The van der Waals surface area contributed by atoms with Crippen LogP contribution in [0.3, 0.4) is 0 Å². The molecule has 0 saturated heterocycles. The molecule has 0 saturated carbocycles. The first-order valence-corrected chi connectivity index (χ1v) is 7.69. The van der Waals surface area contributed by atoms with Crippen molar-refractivity contribution in [1.29, 1.82) is 0 Å². The lowest BCUT2D eigenvalue weighted by Crippen LogP contribution is -2.12. The number of esters is 2. The molecule has 0 N–H and O–H groups in total. The molecule has 116 valence electrons. The molecule has 0 aromatic carbocycles. The first kappa shape index (κ1) is 19.3. The van der Waals surface area contributed by atoms with Crippen LogP contribution in [0.4, 0.5) is 0 Å². The van der Waals surface area contributed by atoms with Crippen molar-refractivity contribution < 1.29 is 19.1 Å². The molecule has 0 aliphatic carbocycles. The minimum atomic E-state index is -0.793. The standard InChI is InChI=1S/C14H22Cl2O4/c1-3-5-7-9-19-13(17)11(15)12(16)14(18)20-10-8-6-4-2/h3-10H2,1-2H3/b12-11-. The second-order valence-corrected chi connectivity index (χ2v) is 5.07. The highest BCUT2D eigenvalue weighted by Gasteiger charge is 2.20. The first-order chi connectivity index (χ1) is 9.54. The van der Waals surface area contributed by atoms with Crippen molar-refractivity contribution in [3.63, 3.8) is 0 Å². The number of carbonyl (C=O) groups is 2. The van der Waals surface area contributed by atoms with E-state index in [0.717, 1.165) is 38.5 Å². The molecule has 0 aliphatic rings. The summed E-state index contributed by atoms with van der Waals surface area (Å²) >= 11 is 11.4. The maximum atomic E-state index is 11.5. The van der Waals surface area contributed by atoms with Gasteiger partial charge < -0.3 is 9.47 Å². The van der Waals surface area contributed by atoms with Crippen LogP contribution in [0, 0.1) is 0 Å². The third kappa shape index (κ3) is 8.43. The van der Waals surface area contributed by atoms with E-state index < -0.39 is 22.0 Å². The van der Waals surface area contributed by atoms with Gasteiger partial charge >= 0.3 is 11.9 Å². The normalized spacial score (nSPS) is 11.8. The van der Waals surface area contributed by atoms with Gasteiger partial charge in [0.05, 0.1) is 13.2 Å². The maximum absolute atomic E-state index is 11.5. The van der Waals surface area contributed by atoms with Crippen LogP contribution in [0.1, 0.15) is 52.4 Å². The van der Waals surface area contributed by atoms with Gasteiger partial charge in [-0.2, -0.15) is 0 Å². The summed E-state index contributed by atoms with van der Waals surface area (Å²) in [5.41, 5.74) is 0. The van der Waals surface area contributed by atoms with Crippen LogP contribution in [0.25, 0.3) is 0 Å². The van der Waals surface area contributed by atoms with Crippen molar-refractivity contribution in [3.05, 3.63) is 10.1 Å². The van der Waals surface area contributed by atoms with E-state index in [1.165, 1.54) is 0 Å². The van der Waals surface area contributed by atoms with Gasteiger partial charge in [0.15, 0.2) is 10.1 Å². The predicted molar refractivity (Wildman–Crippen MR) is 79.7 cm³/mol. The van der Waals surface area contributed by atoms with Gasteiger partial charge in [-0.05, 0) is 12.8 Å². The van der Waals surface area contributed by atoms with E-state index in [2.05, 4.69) is 0 Å². The van der Waals surface area contributed by atoms with E-state index in [-0.39, 0.29) is 13.2 Å². The highest BCUT2D eigenvalue weighted by Crippen LogP contribution is 2.17. The lowest BCUT2D eigenvalue weighted by atomic mass is 10.3. The third-order valence-electron chi connectivity index (χ3n) is 2.51. The molecule has 0 bridgehead atoms. The number of hydrogen-bond donors (Lipinski definition) is 0. The Labute approximate surface area is 130 Å². The molecule has 0 heterocycles. The molecule has 0 aromatic heterocycles. The number of halogens is 2. The minimum absolute atomic E-state index is 0.263. The van der Waals surface area contributed by atoms with Crippen molar-refractivity contribution in [2.75, 3.05) is 13.2 Å². The summed E-state index contributed by atoms with van der Waals surface area (Å²) < 4.78 is 9.80. The molecule has 0 fully saturated rings. The summed E-state index contributed by atoms with van der Waals surface area (Å²) in [6, 6.07) is 0. The lowest BCUT2D eigenvalue weighted by molar-refractivity contribution is -0.141. The second-order valence-electron chi connectivity index (χ2n) is 4.31. The summed E-state index contributed by atoms with van der Waals surface area (Å²) in [6.45, 7) is 4.61. The monoisotopic (exact) mass is 324 g/mol. The predicted octanol–water partition coefficient (Wildman–Crippen LogP) is 4.14. The molecule has 0 rings (SSSR count). The zero-order valence-electron chi connectivity index (χ0n) is 12.0. The van der Waals surface area contributed by atoms with Crippen molar-refractivity contribution in [3.8, 4) is 0 Å². The number of carbonyl (C=O) groups excluding carboxylic acids is 2. The van der Waals surface area contributed by atoms with Gasteiger partial charge in [-0.15, -0.1) is 0 Å². The summed E-state index contributed by atoms with van der Waals surface area (Å²) in [6.07, 6.45) is 5.47. The zero-order chi connectivity index (χ0) is 15.4. The molecule has 20 heavy (non-hydrogen) atoms. The Morgan fingerprint density at radius 2 is 1.10 bits per heavy atom. The molecule has 0 radical (unpaired) electrons. The van der Waals surface area contributed by atoms with Gasteiger partial charge in [0.25, 0.3) is 0 Å². The Kier molecular flexibility index (Phi) is 11.6. The van der Waals surface area contributed by atoms with Gasteiger partial charge in [0.2, 0.25) is 0 Å². The highest BCUT2D eigenvalue weighted by molar-refractivity contribution is 6.53. The van der Waals surface area contributed by atoms with E-state index in [0.29, 0.717) is 0 Å². The van der Waals surface area contributed by atoms with E-state index in [9.17, 15) is 9.59 Å². The zero-order valence-corrected chi connectivity index (χ0v) is 13.6. The van der Waals surface area contributed by atoms with Crippen LogP contribution in [0.2, 0.25) is 0 Å². The summed E-state index contributed by atoms with van der Waals surface area (Å²) in [4.78, 5) is 23.0. The summed E-state index contributed by atoms with van der Waals surface area (Å²) in [5, 5.41) is -0.854. The van der Waals surface area contributed by atoms with Crippen LogP contribution < -0.4 is 0 Å². The number of hydrogen-bond acceptors (Lipinski definition) is 4. The average molecular weight is 325 g/mol. The smallest absolute Gasteiger partial charge is 0.351 e. The molecule has 0 unspecified atom stereocenters. The van der Waals surface area contributed by atoms with Crippen molar-refractivity contribution in [1.82, 2.24) is 0 Å². The molecule has 0 amide bonds. The first-order valence-electron chi connectivity index (χ1n) is 6.94. The largest absolute Gasteiger partial charge is 0.461 e. The third-order valence-corrected chi connectivity index (χ3v) is 3.30. The van der Waals surface area contributed by atoms with Crippen LogP contribution >= 0.6 is 23.2 Å². The number of rotatable bonds is 10. The average Bonchev–Trinajstić information content (AvgIpc) is 2.46. The SMILES string of the molecule is CCCCCOC(=O)/C(Cl)=C(/Cl)C(=O)OCCCCC. The quantitative estimate of drug-likeness (QED) is 0.344. The molecule has 6 heteroatoms. The fourth-order valence-corrected chi connectivity index (χ4v) is 1.60. The summed E-state index contributed by atoms with van der Waals surface area (Å²) in [7, 11) is 0. The molecular weight excluding hydrogens is 303 g/mol. The molecule has 0 atom stereocenters. The second kappa shape index (κ2) is 12.0. The maximum Gasteiger partial charge on any atom is 0.351 e. The van der Waals surface area contributed by atoms with Gasteiger partial charge in [0.1, 0.15) is 0 Å². The van der Waals surface area contributed by atoms with Crippen molar-refractivity contribution >= 4 is 35.1 Å². The van der Waals surface area contributed by atoms with Crippen molar-refractivity contribution in [2.24, 2.45) is 0 Å². The fourth-order valence-electron chi connectivity index (χ4n) is 1.34. The molecule has 4 nitrogen and oxygen atoms in total. The van der Waals surface area contributed by atoms with Gasteiger partial charge in [-0.25, -0.2) is 9.59 Å². The number of ether oxygens (including phenoxy) is 2. The Balaban J connectivity index is 4.19. The fraction of sp³-hybridized carbons (Fsp3) is 0.714.